The molecule has 0 heterocycles. The standard InChI is InChI=1S/C70H135NO5/c1-3-5-7-9-11-13-15-17-19-21-23-27-30-34-38-42-46-50-54-58-62-68(73)67(66-72)71-69(74)63-59-55-51-47-43-39-35-31-28-25-24-26-29-33-37-41-45-49-53-57-61-65-76-70(75)64-60-56-52-48-44-40-36-32-22-20-18-16-14-12-10-8-6-4-2/h41,45,53,57,67-68,72-73H,3-40,42-44,46-52,54-56,58-66H2,1-2H3,(H,71,74)/b45-41-,57-53-. The van der Waals surface area contributed by atoms with E-state index in [4.69, 9.17) is 4.74 Å². The third kappa shape index (κ3) is 61.6. The molecule has 0 aliphatic heterocycles. The number of esters is 1. The summed E-state index contributed by atoms with van der Waals surface area (Å²) < 4.78 is 5.44. The summed E-state index contributed by atoms with van der Waals surface area (Å²) in [7, 11) is 0. The molecule has 450 valence electrons. The lowest BCUT2D eigenvalue weighted by Crippen LogP contribution is -2.45. The highest BCUT2D eigenvalue weighted by Gasteiger charge is 2.20. The van der Waals surface area contributed by atoms with E-state index >= 15 is 0 Å². The normalized spacial score (nSPS) is 12.6. The van der Waals surface area contributed by atoms with Gasteiger partial charge in [0.15, 0.2) is 0 Å². The first kappa shape index (κ1) is 74.3. The molecular weight excluding hydrogens is 935 g/mol. The van der Waals surface area contributed by atoms with Crippen molar-refractivity contribution in [2.75, 3.05) is 13.2 Å². The molecule has 6 nitrogen and oxygen atoms in total. The van der Waals surface area contributed by atoms with Crippen LogP contribution in [0.2, 0.25) is 0 Å². The minimum Gasteiger partial charge on any atom is -0.465 e. The lowest BCUT2D eigenvalue weighted by molar-refractivity contribution is -0.143. The Balaban J connectivity index is 3.43. The molecule has 0 saturated heterocycles. The van der Waals surface area contributed by atoms with Crippen molar-refractivity contribution in [2.45, 2.75) is 398 Å². The predicted molar refractivity (Wildman–Crippen MR) is 333 cm³/mol. The molecular formula is C70H135NO5. The molecule has 76 heavy (non-hydrogen) atoms. The van der Waals surface area contributed by atoms with Crippen LogP contribution in [-0.4, -0.2) is 47.4 Å². The fraction of sp³-hybridized carbons (Fsp3) is 0.914. The van der Waals surface area contributed by atoms with Gasteiger partial charge in [-0.1, -0.05) is 353 Å². The van der Waals surface area contributed by atoms with E-state index < -0.39 is 12.1 Å². The van der Waals surface area contributed by atoms with Crippen LogP contribution in [0.5, 0.6) is 0 Å². The zero-order chi connectivity index (χ0) is 55.0. The van der Waals surface area contributed by atoms with E-state index in [-0.39, 0.29) is 18.5 Å². The zero-order valence-electron chi connectivity index (χ0n) is 51.5. The van der Waals surface area contributed by atoms with Gasteiger partial charge in [-0.15, -0.1) is 0 Å². The first-order valence-electron chi connectivity index (χ1n) is 34.6. The average Bonchev–Trinajstić information content (AvgIpc) is 3.42. The van der Waals surface area contributed by atoms with Crippen molar-refractivity contribution in [3.8, 4) is 0 Å². The lowest BCUT2D eigenvalue weighted by atomic mass is 10.0. The number of amides is 1. The molecule has 3 N–H and O–H groups in total. The first-order valence-corrected chi connectivity index (χ1v) is 34.6. The van der Waals surface area contributed by atoms with E-state index in [2.05, 4.69) is 43.5 Å². The van der Waals surface area contributed by atoms with E-state index in [9.17, 15) is 19.8 Å². The number of ether oxygens (including phenoxy) is 1. The first-order chi connectivity index (χ1) is 37.5. The van der Waals surface area contributed by atoms with Gasteiger partial charge in [0.25, 0.3) is 0 Å². The zero-order valence-corrected chi connectivity index (χ0v) is 51.5. The van der Waals surface area contributed by atoms with Gasteiger partial charge < -0.3 is 20.3 Å². The van der Waals surface area contributed by atoms with Gasteiger partial charge in [0.1, 0.15) is 0 Å². The van der Waals surface area contributed by atoms with Crippen molar-refractivity contribution in [3.63, 3.8) is 0 Å². The topological polar surface area (TPSA) is 95.9 Å². The van der Waals surface area contributed by atoms with Crippen molar-refractivity contribution in [1.82, 2.24) is 5.32 Å². The Morgan fingerprint density at radius 1 is 0.368 bits per heavy atom. The smallest absolute Gasteiger partial charge is 0.305 e. The molecule has 0 radical (unpaired) electrons. The fourth-order valence-corrected chi connectivity index (χ4v) is 11.0. The number of carbonyl (C=O) groups excluding carboxylic acids is 2. The summed E-state index contributed by atoms with van der Waals surface area (Å²) in [4.78, 5) is 24.6. The molecule has 0 fully saturated rings. The number of unbranched alkanes of at least 4 members (excludes halogenated alkanes) is 50. The Morgan fingerprint density at radius 3 is 1.00 bits per heavy atom. The Kier molecular flexibility index (Phi) is 64.4. The quantitative estimate of drug-likeness (QED) is 0.0320. The Morgan fingerprint density at radius 2 is 0.658 bits per heavy atom. The third-order valence-corrected chi connectivity index (χ3v) is 16.3. The van der Waals surface area contributed by atoms with Crippen LogP contribution >= 0.6 is 0 Å². The molecule has 2 atom stereocenters. The van der Waals surface area contributed by atoms with Crippen LogP contribution < -0.4 is 5.32 Å². The summed E-state index contributed by atoms with van der Waals surface area (Å²) in [6.45, 7) is 4.89. The summed E-state index contributed by atoms with van der Waals surface area (Å²) >= 11 is 0. The Bertz CT molecular complexity index is 1190. The second kappa shape index (κ2) is 65.9. The molecule has 0 aromatic rings. The maximum absolute atomic E-state index is 12.5. The highest BCUT2D eigenvalue weighted by atomic mass is 16.5. The Labute approximate surface area is 475 Å². The maximum atomic E-state index is 12.5. The van der Waals surface area contributed by atoms with Gasteiger partial charge >= 0.3 is 5.97 Å². The van der Waals surface area contributed by atoms with Gasteiger partial charge in [-0.3, -0.25) is 9.59 Å². The van der Waals surface area contributed by atoms with Crippen molar-refractivity contribution < 1.29 is 24.5 Å². The summed E-state index contributed by atoms with van der Waals surface area (Å²) in [5.74, 6) is -0.0655. The van der Waals surface area contributed by atoms with E-state index in [1.807, 2.05) is 0 Å². The van der Waals surface area contributed by atoms with Crippen molar-refractivity contribution in [3.05, 3.63) is 24.3 Å². The minimum absolute atomic E-state index is 0.0298. The molecule has 2 unspecified atom stereocenters. The van der Waals surface area contributed by atoms with E-state index in [0.29, 0.717) is 25.9 Å². The van der Waals surface area contributed by atoms with Crippen LogP contribution in [0.25, 0.3) is 0 Å². The summed E-state index contributed by atoms with van der Waals surface area (Å²) in [6.07, 6.45) is 82.3. The van der Waals surface area contributed by atoms with Crippen molar-refractivity contribution in [2.24, 2.45) is 0 Å². The minimum atomic E-state index is -0.669. The molecule has 1 amide bonds. The van der Waals surface area contributed by atoms with Gasteiger partial charge in [0.2, 0.25) is 5.91 Å². The van der Waals surface area contributed by atoms with E-state index in [1.54, 1.807) is 0 Å². The van der Waals surface area contributed by atoms with E-state index in [0.717, 1.165) is 51.4 Å². The van der Waals surface area contributed by atoms with Crippen LogP contribution in [-0.2, 0) is 14.3 Å². The lowest BCUT2D eigenvalue weighted by Gasteiger charge is -2.22. The van der Waals surface area contributed by atoms with Crippen molar-refractivity contribution in [1.29, 1.82) is 0 Å². The SMILES string of the molecule is CCCCCCCCCCCCCCCCCCCCCCC(O)C(CO)NC(=O)CCCCCCCCCCCCCCCC/C=C\C/C=C\CCOC(=O)CCCCCCCCCCCCCCCCCCCC. The van der Waals surface area contributed by atoms with Crippen LogP contribution in [0, 0.1) is 0 Å². The van der Waals surface area contributed by atoms with Crippen LogP contribution in [0.4, 0.5) is 0 Å². The molecule has 0 rings (SSSR count). The number of aliphatic hydroxyl groups excluding tert-OH is 2. The molecule has 6 heteroatoms. The number of carbonyl (C=O) groups is 2. The fourth-order valence-electron chi connectivity index (χ4n) is 11.0. The number of allylic oxidation sites excluding steroid dienone is 3. The summed E-state index contributed by atoms with van der Waals surface area (Å²) in [5, 5.41) is 23.4. The molecule has 0 saturated carbocycles. The second-order valence-corrected chi connectivity index (χ2v) is 23.9. The third-order valence-electron chi connectivity index (χ3n) is 16.3. The predicted octanol–water partition coefficient (Wildman–Crippen LogP) is 22.1. The van der Waals surface area contributed by atoms with Crippen LogP contribution in [0.15, 0.2) is 24.3 Å². The number of hydrogen-bond donors (Lipinski definition) is 3. The van der Waals surface area contributed by atoms with Gasteiger partial charge in [-0.25, -0.2) is 0 Å². The molecule has 0 aliphatic rings. The number of aliphatic hydroxyl groups is 2. The molecule has 0 aromatic carbocycles. The van der Waals surface area contributed by atoms with Crippen molar-refractivity contribution >= 4 is 11.9 Å². The maximum Gasteiger partial charge on any atom is 0.305 e. The number of nitrogens with one attached hydrogen (secondary N) is 1. The molecule has 0 aromatic heterocycles. The highest BCUT2D eigenvalue weighted by Crippen LogP contribution is 2.19. The van der Waals surface area contributed by atoms with Gasteiger partial charge in [-0.05, 0) is 44.9 Å². The highest BCUT2D eigenvalue weighted by molar-refractivity contribution is 5.76. The van der Waals surface area contributed by atoms with Gasteiger partial charge in [0.05, 0.1) is 25.4 Å². The summed E-state index contributed by atoms with van der Waals surface area (Å²) in [5.41, 5.74) is 0. The molecule has 0 aliphatic carbocycles. The monoisotopic (exact) mass is 1070 g/mol. The van der Waals surface area contributed by atoms with Gasteiger partial charge in [0, 0.05) is 12.8 Å². The van der Waals surface area contributed by atoms with E-state index in [1.165, 1.54) is 302 Å². The Hall–Kier alpha value is -1.66. The van der Waals surface area contributed by atoms with Crippen LogP contribution in [0.1, 0.15) is 386 Å². The molecule has 0 bridgehead atoms. The number of rotatable bonds is 65. The average molecular weight is 1070 g/mol. The number of hydrogen-bond acceptors (Lipinski definition) is 5. The van der Waals surface area contributed by atoms with Crippen LogP contribution in [0.3, 0.4) is 0 Å². The summed E-state index contributed by atoms with van der Waals surface area (Å²) in [6, 6.07) is -0.546. The molecule has 0 spiro atoms. The largest absolute Gasteiger partial charge is 0.465 e. The second-order valence-electron chi connectivity index (χ2n) is 23.9. The van der Waals surface area contributed by atoms with Gasteiger partial charge in [-0.2, -0.15) is 0 Å².